The molecule has 6 heteroatoms. The van der Waals surface area contributed by atoms with Crippen molar-refractivity contribution in [3.05, 3.63) is 69.9 Å². The Morgan fingerprint density at radius 1 is 0.885 bits per heavy atom. The van der Waals surface area contributed by atoms with E-state index in [-0.39, 0.29) is 17.6 Å². The molecule has 26 heavy (non-hydrogen) atoms. The van der Waals surface area contributed by atoms with Crippen molar-refractivity contribution in [2.75, 3.05) is 26.2 Å². The summed E-state index contributed by atoms with van der Waals surface area (Å²) < 4.78 is 13.9. The van der Waals surface area contributed by atoms with Crippen molar-refractivity contribution in [1.82, 2.24) is 9.80 Å². The Morgan fingerprint density at radius 2 is 1.46 bits per heavy atom. The molecular weight excluding hydrogens is 399 g/mol. The molecule has 0 N–H and O–H groups in total. The van der Waals surface area contributed by atoms with Crippen LogP contribution in [0.1, 0.15) is 15.9 Å². The van der Waals surface area contributed by atoms with Crippen LogP contribution in [0, 0.1) is 17.7 Å². The normalized spacial score (nSPS) is 13.8. The first-order valence-corrected chi connectivity index (χ1v) is 8.93. The van der Waals surface area contributed by atoms with Crippen molar-refractivity contribution in [2.24, 2.45) is 0 Å². The molecule has 1 aliphatic rings. The van der Waals surface area contributed by atoms with Gasteiger partial charge in [-0.2, -0.15) is 0 Å². The smallest absolute Gasteiger partial charge is 0.298 e. The van der Waals surface area contributed by atoms with Crippen LogP contribution in [0.4, 0.5) is 4.39 Å². The average Bonchev–Trinajstić information content (AvgIpc) is 2.67. The fraction of sp³-hybridized carbons (Fsp3) is 0.200. The Balaban J connectivity index is 1.56. The molecule has 0 atom stereocenters. The molecule has 0 unspecified atom stereocenters. The van der Waals surface area contributed by atoms with E-state index < -0.39 is 0 Å². The number of benzene rings is 2. The van der Waals surface area contributed by atoms with Crippen LogP contribution in [0.5, 0.6) is 0 Å². The zero-order valence-electron chi connectivity index (χ0n) is 13.9. The monoisotopic (exact) mass is 414 g/mol. The van der Waals surface area contributed by atoms with E-state index in [2.05, 4.69) is 27.8 Å². The second-order valence-electron chi connectivity index (χ2n) is 5.85. The van der Waals surface area contributed by atoms with Gasteiger partial charge in [0.25, 0.3) is 11.8 Å². The first-order valence-electron chi connectivity index (χ1n) is 8.14. The molecule has 1 aliphatic heterocycles. The quantitative estimate of drug-likeness (QED) is 0.673. The summed E-state index contributed by atoms with van der Waals surface area (Å²) in [7, 11) is 0. The molecule has 0 aliphatic carbocycles. The van der Waals surface area contributed by atoms with Crippen LogP contribution in [0.15, 0.2) is 53.0 Å². The van der Waals surface area contributed by atoms with Gasteiger partial charge in [-0.15, -0.1) is 0 Å². The highest BCUT2D eigenvalue weighted by molar-refractivity contribution is 9.10. The Bertz CT molecular complexity index is 861. The lowest BCUT2D eigenvalue weighted by atomic mass is 10.1. The molecule has 0 aromatic heterocycles. The molecule has 2 aromatic rings. The predicted octanol–water partition coefficient (Wildman–Crippen LogP) is 2.92. The summed E-state index contributed by atoms with van der Waals surface area (Å²) in [4.78, 5) is 27.9. The molecule has 4 nitrogen and oxygen atoms in total. The van der Waals surface area contributed by atoms with Gasteiger partial charge < -0.3 is 9.80 Å². The average molecular weight is 415 g/mol. The van der Waals surface area contributed by atoms with E-state index in [9.17, 15) is 14.0 Å². The maximum absolute atomic E-state index is 13.0. The summed E-state index contributed by atoms with van der Waals surface area (Å²) in [5, 5.41) is 0. The highest BCUT2D eigenvalue weighted by atomic mass is 79.9. The van der Waals surface area contributed by atoms with Crippen LogP contribution >= 0.6 is 15.9 Å². The SMILES string of the molecule is O=C(C#Cc1ccc(Br)cc1)N1CCN(C(=O)c2ccc(F)cc2)CC1. The second-order valence-corrected chi connectivity index (χ2v) is 6.76. The lowest BCUT2D eigenvalue weighted by molar-refractivity contribution is -0.126. The second kappa shape index (κ2) is 8.15. The molecule has 2 aromatic carbocycles. The summed E-state index contributed by atoms with van der Waals surface area (Å²) in [6.45, 7) is 1.73. The third-order valence-corrected chi connectivity index (χ3v) is 4.63. The Kier molecular flexibility index (Phi) is 5.69. The maximum Gasteiger partial charge on any atom is 0.298 e. The highest BCUT2D eigenvalue weighted by Crippen LogP contribution is 2.11. The van der Waals surface area contributed by atoms with Gasteiger partial charge in [-0.05, 0) is 48.5 Å². The van der Waals surface area contributed by atoms with Crippen LogP contribution < -0.4 is 0 Å². The highest BCUT2D eigenvalue weighted by Gasteiger charge is 2.24. The van der Waals surface area contributed by atoms with E-state index >= 15 is 0 Å². The molecule has 132 valence electrons. The van der Waals surface area contributed by atoms with Gasteiger partial charge in [-0.25, -0.2) is 4.39 Å². The van der Waals surface area contributed by atoms with Crippen molar-refractivity contribution in [3.8, 4) is 11.8 Å². The molecule has 1 heterocycles. The van der Waals surface area contributed by atoms with Gasteiger partial charge in [0.15, 0.2) is 0 Å². The number of halogens is 2. The Labute approximate surface area is 159 Å². The molecule has 3 rings (SSSR count). The zero-order valence-corrected chi connectivity index (χ0v) is 15.5. The van der Waals surface area contributed by atoms with Crippen molar-refractivity contribution >= 4 is 27.7 Å². The number of carbonyl (C=O) groups is 2. The molecule has 2 amide bonds. The molecule has 1 fully saturated rings. The minimum Gasteiger partial charge on any atom is -0.335 e. The van der Waals surface area contributed by atoms with Gasteiger partial charge in [-0.3, -0.25) is 9.59 Å². The first-order chi connectivity index (χ1) is 12.5. The molecular formula is C20H16BrFN2O2. The van der Waals surface area contributed by atoms with E-state index in [4.69, 9.17) is 0 Å². The third kappa shape index (κ3) is 4.50. The van der Waals surface area contributed by atoms with Gasteiger partial charge >= 0.3 is 0 Å². The van der Waals surface area contributed by atoms with Crippen molar-refractivity contribution in [3.63, 3.8) is 0 Å². The Morgan fingerprint density at radius 3 is 2.08 bits per heavy atom. The number of rotatable bonds is 1. The van der Waals surface area contributed by atoms with Gasteiger partial charge in [0.05, 0.1) is 0 Å². The van der Waals surface area contributed by atoms with Gasteiger partial charge in [0, 0.05) is 47.7 Å². The number of amides is 2. The first kappa shape index (κ1) is 18.2. The molecule has 0 radical (unpaired) electrons. The summed E-state index contributed by atoms with van der Waals surface area (Å²) in [6, 6.07) is 12.9. The van der Waals surface area contributed by atoms with Crippen LogP contribution in [-0.4, -0.2) is 47.8 Å². The van der Waals surface area contributed by atoms with Crippen LogP contribution in [-0.2, 0) is 4.79 Å². The molecule has 1 saturated heterocycles. The van der Waals surface area contributed by atoms with Gasteiger partial charge in [0.2, 0.25) is 0 Å². The van der Waals surface area contributed by atoms with E-state index in [0.29, 0.717) is 31.7 Å². The zero-order chi connectivity index (χ0) is 18.5. The van der Waals surface area contributed by atoms with Crippen LogP contribution in [0.25, 0.3) is 0 Å². The summed E-state index contributed by atoms with van der Waals surface area (Å²) in [5.41, 5.74) is 1.22. The minimum absolute atomic E-state index is 0.155. The van der Waals surface area contributed by atoms with Crippen molar-refractivity contribution in [2.45, 2.75) is 0 Å². The van der Waals surface area contributed by atoms with E-state index in [0.717, 1.165) is 10.0 Å². The van der Waals surface area contributed by atoms with Gasteiger partial charge in [0.1, 0.15) is 5.82 Å². The number of nitrogens with zero attached hydrogens (tertiary/aromatic N) is 2. The van der Waals surface area contributed by atoms with Crippen LogP contribution in [0.3, 0.4) is 0 Å². The number of carbonyl (C=O) groups excluding carboxylic acids is 2. The van der Waals surface area contributed by atoms with E-state index in [1.165, 1.54) is 24.3 Å². The Hall–Kier alpha value is -2.65. The molecule has 0 saturated carbocycles. The van der Waals surface area contributed by atoms with E-state index in [1.54, 1.807) is 9.80 Å². The topological polar surface area (TPSA) is 40.6 Å². The number of piperazine rings is 1. The lowest BCUT2D eigenvalue weighted by Gasteiger charge is -2.33. The number of hydrogen-bond donors (Lipinski definition) is 0. The van der Waals surface area contributed by atoms with Crippen molar-refractivity contribution in [1.29, 1.82) is 0 Å². The standard InChI is InChI=1S/C20H16BrFN2O2/c21-17-6-1-15(2-7-17)3-10-19(25)23-11-13-24(14-12-23)20(26)16-4-8-18(22)9-5-16/h1-2,4-9H,11-14H2. The molecule has 0 bridgehead atoms. The minimum atomic E-state index is -0.374. The summed E-state index contributed by atoms with van der Waals surface area (Å²) in [6.07, 6.45) is 0. The van der Waals surface area contributed by atoms with Crippen molar-refractivity contribution < 1.29 is 14.0 Å². The largest absolute Gasteiger partial charge is 0.335 e. The number of hydrogen-bond acceptors (Lipinski definition) is 2. The fourth-order valence-electron chi connectivity index (χ4n) is 2.63. The van der Waals surface area contributed by atoms with Gasteiger partial charge in [-0.1, -0.05) is 21.9 Å². The summed E-state index contributed by atoms with van der Waals surface area (Å²) >= 11 is 3.35. The maximum atomic E-state index is 13.0. The fourth-order valence-corrected chi connectivity index (χ4v) is 2.89. The predicted molar refractivity (Wildman–Crippen MR) is 99.9 cm³/mol. The summed E-state index contributed by atoms with van der Waals surface area (Å²) in [5.74, 6) is 4.73. The van der Waals surface area contributed by atoms with E-state index in [1.807, 2.05) is 24.3 Å². The lowest BCUT2D eigenvalue weighted by Crippen LogP contribution is -2.50. The van der Waals surface area contributed by atoms with Crippen LogP contribution in [0.2, 0.25) is 0 Å². The molecule has 0 spiro atoms. The third-order valence-electron chi connectivity index (χ3n) is 4.10.